The average molecular weight is 528 g/mol. The first kappa shape index (κ1) is 28.3. The number of aromatic nitrogens is 3. The van der Waals surface area contributed by atoms with Crippen LogP contribution in [0.5, 0.6) is 0 Å². The lowest BCUT2D eigenvalue weighted by Crippen LogP contribution is -2.59. The second-order valence-electron chi connectivity index (χ2n) is 9.32. The molecule has 4 atom stereocenters. The molecule has 0 saturated carbocycles. The van der Waals surface area contributed by atoms with Crippen LogP contribution in [0.4, 0.5) is 0 Å². The summed E-state index contributed by atoms with van der Waals surface area (Å²) >= 11 is 0. The summed E-state index contributed by atoms with van der Waals surface area (Å²) in [5.41, 5.74) is 7.95. The molecule has 0 spiro atoms. The summed E-state index contributed by atoms with van der Waals surface area (Å²) in [7, 11) is 0. The van der Waals surface area contributed by atoms with Gasteiger partial charge in [-0.25, -0.2) is 9.78 Å². The van der Waals surface area contributed by atoms with Gasteiger partial charge in [-0.05, 0) is 17.5 Å². The van der Waals surface area contributed by atoms with Crippen molar-refractivity contribution in [2.24, 2.45) is 11.7 Å². The molecule has 2 heterocycles. The minimum atomic E-state index is -1.47. The molecule has 3 amide bonds. The highest BCUT2D eigenvalue weighted by atomic mass is 16.4. The second-order valence-corrected chi connectivity index (χ2v) is 9.32. The van der Waals surface area contributed by atoms with Crippen LogP contribution >= 0.6 is 0 Å². The number of carbonyl (C=O) groups is 4. The van der Waals surface area contributed by atoms with Crippen LogP contribution < -0.4 is 21.7 Å². The number of fused-ring (bicyclic) bond motifs is 1. The summed E-state index contributed by atoms with van der Waals surface area (Å²) < 4.78 is 0. The summed E-state index contributed by atoms with van der Waals surface area (Å²) in [4.78, 5) is 60.2. The van der Waals surface area contributed by atoms with E-state index in [-0.39, 0.29) is 18.8 Å². The zero-order valence-electron chi connectivity index (χ0n) is 21.1. The molecule has 0 fully saturated rings. The molecule has 3 rings (SSSR count). The van der Waals surface area contributed by atoms with E-state index in [0.717, 1.165) is 10.9 Å². The van der Waals surface area contributed by atoms with Crippen LogP contribution in [0.1, 0.15) is 25.1 Å². The van der Waals surface area contributed by atoms with Crippen molar-refractivity contribution in [3.05, 3.63) is 54.2 Å². The predicted octanol–water partition coefficient (Wildman–Crippen LogP) is -0.809. The Morgan fingerprint density at radius 1 is 0.947 bits per heavy atom. The minimum Gasteiger partial charge on any atom is -0.480 e. The highest BCUT2D eigenvalue weighted by Gasteiger charge is 2.31. The van der Waals surface area contributed by atoms with Gasteiger partial charge in [-0.2, -0.15) is 0 Å². The maximum absolute atomic E-state index is 13.1. The zero-order chi connectivity index (χ0) is 27.8. The number of para-hydroxylation sites is 1. The van der Waals surface area contributed by atoms with E-state index in [1.807, 2.05) is 24.3 Å². The fourth-order valence-corrected chi connectivity index (χ4v) is 3.86. The van der Waals surface area contributed by atoms with Crippen LogP contribution in [0, 0.1) is 5.92 Å². The molecule has 0 aliphatic carbocycles. The van der Waals surface area contributed by atoms with E-state index in [4.69, 9.17) is 5.73 Å². The number of aliphatic carboxylic acids is 1. The first-order valence-electron chi connectivity index (χ1n) is 12.1. The quantitative estimate of drug-likeness (QED) is 0.140. The van der Waals surface area contributed by atoms with Crippen molar-refractivity contribution in [2.45, 2.75) is 50.9 Å². The van der Waals surface area contributed by atoms with Crippen molar-refractivity contribution >= 4 is 34.6 Å². The van der Waals surface area contributed by atoms with Crippen LogP contribution in [0.3, 0.4) is 0 Å². The van der Waals surface area contributed by atoms with E-state index in [0.29, 0.717) is 11.3 Å². The van der Waals surface area contributed by atoms with Crippen LogP contribution in [0.2, 0.25) is 0 Å². The Bertz CT molecular complexity index is 1260. The van der Waals surface area contributed by atoms with Gasteiger partial charge in [0.1, 0.15) is 18.1 Å². The molecule has 204 valence electrons. The molecule has 0 radical (unpaired) electrons. The monoisotopic (exact) mass is 527 g/mol. The fraction of sp³-hybridized carbons (Fsp3) is 0.400. The number of aliphatic hydroxyl groups excluding tert-OH is 1. The Kier molecular flexibility index (Phi) is 9.57. The molecule has 13 heteroatoms. The highest BCUT2D eigenvalue weighted by molar-refractivity contribution is 5.94. The molecule has 0 aliphatic heterocycles. The number of carbonyl (C=O) groups excluding carboxylic acids is 3. The van der Waals surface area contributed by atoms with E-state index in [1.54, 1.807) is 20.0 Å². The molecule has 9 N–H and O–H groups in total. The van der Waals surface area contributed by atoms with Gasteiger partial charge in [-0.15, -0.1) is 0 Å². The first-order valence-corrected chi connectivity index (χ1v) is 12.1. The van der Waals surface area contributed by atoms with E-state index < -0.39 is 54.5 Å². The van der Waals surface area contributed by atoms with Crippen molar-refractivity contribution in [3.63, 3.8) is 0 Å². The molecule has 0 aliphatic rings. The van der Waals surface area contributed by atoms with Gasteiger partial charge >= 0.3 is 5.97 Å². The number of carboxylic acids is 1. The van der Waals surface area contributed by atoms with Gasteiger partial charge in [0.2, 0.25) is 17.7 Å². The van der Waals surface area contributed by atoms with Gasteiger partial charge < -0.3 is 41.9 Å². The lowest BCUT2D eigenvalue weighted by Gasteiger charge is -2.24. The Morgan fingerprint density at radius 2 is 1.61 bits per heavy atom. The molecule has 3 aromatic rings. The number of nitrogens with two attached hydrogens (primary N) is 1. The summed E-state index contributed by atoms with van der Waals surface area (Å²) in [6, 6.07) is 2.53. The number of aromatic amines is 2. The standard InChI is InChI=1S/C25H33N7O6/c1-13(2)21(26)24(36)30-18(8-15-10-27-12-29-15)22(34)32-20(11-33)23(35)31-19(25(37)38)7-14-9-28-17-6-4-3-5-16(14)17/h3-6,9-10,12-13,18-21,28,33H,7-8,11,26H2,1-2H3,(H,27,29)(H,30,36)(H,31,35)(H,32,34)(H,37,38). The Balaban J connectivity index is 1.70. The summed E-state index contributed by atoms with van der Waals surface area (Å²) in [6.45, 7) is 2.72. The molecule has 4 unspecified atom stereocenters. The maximum atomic E-state index is 13.1. The van der Waals surface area contributed by atoms with Crippen molar-refractivity contribution in [3.8, 4) is 0 Å². The van der Waals surface area contributed by atoms with Gasteiger partial charge in [0.25, 0.3) is 0 Å². The number of hydrogen-bond donors (Lipinski definition) is 8. The second kappa shape index (κ2) is 12.8. The molecule has 38 heavy (non-hydrogen) atoms. The lowest BCUT2D eigenvalue weighted by atomic mass is 10.0. The lowest BCUT2D eigenvalue weighted by molar-refractivity contribution is -0.142. The number of amides is 3. The topological polar surface area (TPSA) is 215 Å². The minimum absolute atomic E-state index is 0.0144. The summed E-state index contributed by atoms with van der Waals surface area (Å²) in [5, 5.41) is 27.7. The molecular weight excluding hydrogens is 494 g/mol. The highest BCUT2D eigenvalue weighted by Crippen LogP contribution is 2.19. The Morgan fingerprint density at radius 3 is 2.24 bits per heavy atom. The van der Waals surface area contributed by atoms with E-state index in [9.17, 15) is 29.4 Å². The third-order valence-electron chi connectivity index (χ3n) is 6.16. The number of nitrogens with one attached hydrogen (secondary N) is 5. The smallest absolute Gasteiger partial charge is 0.326 e. The van der Waals surface area contributed by atoms with E-state index >= 15 is 0 Å². The predicted molar refractivity (Wildman–Crippen MR) is 138 cm³/mol. The van der Waals surface area contributed by atoms with Gasteiger partial charge in [-0.3, -0.25) is 14.4 Å². The molecule has 13 nitrogen and oxygen atoms in total. The third-order valence-corrected chi connectivity index (χ3v) is 6.16. The van der Waals surface area contributed by atoms with Crippen LogP contribution in [0.25, 0.3) is 10.9 Å². The Hall–Kier alpha value is -4.23. The number of H-pyrrole nitrogens is 2. The van der Waals surface area contributed by atoms with Gasteiger partial charge in [-0.1, -0.05) is 32.0 Å². The van der Waals surface area contributed by atoms with E-state index in [1.165, 1.54) is 12.5 Å². The Labute approximate surface area is 218 Å². The first-order chi connectivity index (χ1) is 18.1. The number of carboxylic acid groups (broad SMARTS) is 1. The average Bonchev–Trinajstić information content (AvgIpc) is 3.55. The fourth-order valence-electron chi connectivity index (χ4n) is 3.86. The van der Waals surface area contributed by atoms with Crippen LogP contribution in [0.15, 0.2) is 43.0 Å². The third kappa shape index (κ3) is 7.17. The number of imidazole rings is 1. The number of benzene rings is 1. The normalized spacial score (nSPS) is 14.4. The van der Waals surface area contributed by atoms with Gasteiger partial charge in [0, 0.05) is 41.8 Å². The van der Waals surface area contributed by atoms with Crippen LogP contribution in [-0.4, -0.2) is 79.6 Å². The van der Waals surface area contributed by atoms with Gasteiger partial charge in [0.15, 0.2) is 0 Å². The largest absolute Gasteiger partial charge is 0.480 e. The van der Waals surface area contributed by atoms with Crippen molar-refractivity contribution < 1.29 is 29.4 Å². The molecule has 2 aromatic heterocycles. The SMILES string of the molecule is CC(C)C(N)C(=O)NC(Cc1cnc[nH]1)C(=O)NC(CO)C(=O)NC(Cc1c[nH]c2ccccc12)C(=O)O. The van der Waals surface area contributed by atoms with Gasteiger partial charge in [0.05, 0.1) is 19.0 Å². The van der Waals surface area contributed by atoms with Crippen LogP contribution in [-0.2, 0) is 32.0 Å². The summed E-state index contributed by atoms with van der Waals surface area (Å²) in [5.74, 6) is -3.68. The molecular formula is C25H33N7O6. The van der Waals surface area contributed by atoms with Crippen molar-refractivity contribution in [2.75, 3.05) is 6.61 Å². The van der Waals surface area contributed by atoms with Crippen molar-refractivity contribution in [1.82, 2.24) is 30.9 Å². The molecule has 0 bridgehead atoms. The number of aliphatic hydroxyl groups is 1. The van der Waals surface area contributed by atoms with E-state index in [2.05, 4.69) is 30.9 Å². The number of nitrogens with zero attached hydrogens (tertiary/aromatic N) is 1. The summed E-state index contributed by atoms with van der Waals surface area (Å²) in [6.07, 6.45) is 4.55. The maximum Gasteiger partial charge on any atom is 0.326 e. The van der Waals surface area contributed by atoms with Crippen molar-refractivity contribution in [1.29, 1.82) is 0 Å². The number of rotatable bonds is 13. The molecule has 0 saturated heterocycles. The molecule has 1 aromatic carbocycles. The zero-order valence-corrected chi connectivity index (χ0v) is 21.1. The number of hydrogen-bond acceptors (Lipinski definition) is 7.